The lowest BCUT2D eigenvalue weighted by Crippen LogP contribution is -2.58. The van der Waals surface area contributed by atoms with Crippen LogP contribution in [0.2, 0.25) is 0 Å². The van der Waals surface area contributed by atoms with E-state index in [2.05, 4.69) is 15.4 Å². The molecular formula is C35H46FN5O9S. The van der Waals surface area contributed by atoms with Gasteiger partial charge < -0.3 is 25.0 Å². The van der Waals surface area contributed by atoms with E-state index < -0.39 is 86.2 Å². The molecule has 2 aliphatic carbocycles. The summed E-state index contributed by atoms with van der Waals surface area (Å²) in [5, 5.41) is 4.79. The van der Waals surface area contributed by atoms with Crippen molar-refractivity contribution in [3.63, 3.8) is 0 Å². The number of benzene rings is 1. The molecule has 51 heavy (non-hydrogen) atoms. The zero-order chi connectivity index (χ0) is 36.7. The number of ether oxygens (including phenoxy) is 2. The number of rotatable bonds is 5. The van der Waals surface area contributed by atoms with Crippen molar-refractivity contribution in [3.05, 3.63) is 47.3 Å². The SMILES string of the molecule is CC(C)(C)OC(=O)NC1CCCCC/C=C\[C@@H]2C[C@@]2(C(=O)NS(=O)(=O)C2CC2)NC(=O)[C@@H]2C[C@@H](OC(=O)N3Cc4cccc(F)c4C3)CN2C1=O. The number of carbonyl (C=O) groups is 5. The van der Waals surface area contributed by atoms with Gasteiger partial charge in [0.1, 0.15) is 35.1 Å². The fraction of sp³-hybridized carbons (Fsp3) is 0.629. The minimum Gasteiger partial charge on any atom is -0.444 e. The van der Waals surface area contributed by atoms with Gasteiger partial charge >= 0.3 is 12.2 Å². The molecule has 5 amide bonds. The Balaban J connectivity index is 1.25. The lowest BCUT2D eigenvalue weighted by atomic mass is 10.0. The number of nitrogens with zero attached hydrogens (tertiary/aromatic N) is 2. The van der Waals surface area contributed by atoms with E-state index in [1.54, 1.807) is 32.9 Å². The minimum atomic E-state index is -3.92. The Bertz CT molecular complexity index is 1730. The van der Waals surface area contributed by atoms with Crippen LogP contribution in [-0.4, -0.2) is 89.2 Å². The van der Waals surface area contributed by atoms with E-state index in [4.69, 9.17) is 9.47 Å². The van der Waals surface area contributed by atoms with Gasteiger partial charge in [0.05, 0.1) is 18.3 Å². The van der Waals surface area contributed by atoms with Crippen LogP contribution in [-0.2, 0) is 47.0 Å². The topological polar surface area (TPSA) is 181 Å². The first-order chi connectivity index (χ1) is 24.1. The molecule has 1 saturated heterocycles. The molecule has 16 heteroatoms. The van der Waals surface area contributed by atoms with Crippen LogP contribution in [0.25, 0.3) is 0 Å². The van der Waals surface area contributed by atoms with Crippen molar-refractivity contribution < 1.29 is 46.3 Å². The van der Waals surface area contributed by atoms with Crippen LogP contribution < -0.4 is 15.4 Å². The first-order valence-corrected chi connectivity index (χ1v) is 19.2. The van der Waals surface area contributed by atoms with Crippen LogP contribution in [0.4, 0.5) is 14.0 Å². The standard InChI is InChI=1S/C35H46FN5O9S/c1-34(2,3)50-32(45)37-27-13-8-6-4-5-7-11-22-17-35(22,31(44)39-51(47,48)24-14-15-24)38-29(42)28-16-23(19-41(28)30(27)43)49-33(46)40-18-21-10-9-12-26(36)25(21)20-40/h7,9-12,22-24,27-28H,4-6,8,13-20H2,1-3H3,(H,37,45)(H,38,42)(H,39,44)/b11-7-/t22-,23-,27?,28+,35-/m1/s1. The van der Waals surface area contributed by atoms with E-state index in [-0.39, 0.29) is 38.9 Å². The van der Waals surface area contributed by atoms with Gasteiger partial charge in [-0.3, -0.25) is 24.0 Å². The second-order valence-corrected chi connectivity index (χ2v) is 17.2. The third-order valence-electron chi connectivity index (χ3n) is 9.99. The van der Waals surface area contributed by atoms with Gasteiger partial charge in [0.2, 0.25) is 21.8 Å². The first-order valence-electron chi connectivity index (χ1n) is 17.6. The van der Waals surface area contributed by atoms with Crippen LogP contribution >= 0.6 is 0 Å². The number of amides is 5. The predicted molar refractivity (Wildman–Crippen MR) is 180 cm³/mol. The van der Waals surface area contributed by atoms with Gasteiger partial charge in [-0.15, -0.1) is 0 Å². The van der Waals surface area contributed by atoms with Gasteiger partial charge in [0.15, 0.2) is 0 Å². The Labute approximate surface area is 296 Å². The molecule has 3 fully saturated rings. The summed E-state index contributed by atoms with van der Waals surface area (Å²) in [7, 11) is -3.92. The molecule has 3 N–H and O–H groups in total. The molecule has 14 nitrogen and oxygen atoms in total. The number of sulfonamides is 1. The van der Waals surface area contributed by atoms with Gasteiger partial charge in [0, 0.05) is 24.4 Å². The molecule has 0 radical (unpaired) electrons. The molecule has 0 spiro atoms. The lowest BCUT2D eigenvalue weighted by Gasteiger charge is -2.30. The summed E-state index contributed by atoms with van der Waals surface area (Å²) >= 11 is 0. The molecule has 2 saturated carbocycles. The van der Waals surface area contributed by atoms with Crippen molar-refractivity contribution in [2.24, 2.45) is 5.92 Å². The summed E-state index contributed by atoms with van der Waals surface area (Å²) in [5.74, 6) is -3.06. The van der Waals surface area contributed by atoms with Crippen molar-refractivity contribution in [3.8, 4) is 0 Å². The highest BCUT2D eigenvalue weighted by molar-refractivity contribution is 7.91. The van der Waals surface area contributed by atoms with E-state index in [1.807, 2.05) is 12.2 Å². The van der Waals surface area contributed by atoms with Crippen molar-refractivity contribution in [1.29, 1.82) is 0 Å². The number of fused-ring (bicyclic) bond motifs is 3. The normalized spacial score (nSPS) is 28.9. The number of hydrogen-bond acceptors (Lipinski definition) is 9. The third kappa shape index (κ3) is 8.31. The Morgan fingerprint density at radius 1 is 1.06 bits per heavy atom. The molecule has 0 bridgehead atoms. The van der Waals surface area contributed by atoms with Gasteiger partial charge in [-0.05, 0) is 70.9 Å². The fourth-order valence-electron chi connectivity index (χ4n) is 7.02. The second kappa shape index (κ2) is 14.1. The zero-order valence-corrected chi connectivity index (χ0v) is 29.9. The van der Waals surface area contributed by atoms with Crippen LogP contribution in [0.15, 0.2) is 30.4 Å². The Morgan fingerprint density at radius 3 is 2.53 bits per heavy atom. The summed E-state index contributed by atoms with van der Waals surface area (Å²) in [6, 6.07) is 2.30. The van der Waals surface area contributed by atoms with Crippen molar-refractivity contribution in [2.75, 3.05) is 6.54 Å². The van der Waals surface area contributed by atoms with Gasteiger partial charge in [0.25, 0.3) is 5.91 Å². The number of carbonyl (C=O) groups excluding carboxylic acids is 5. The van der Waals surface area contributed by atoms with Gasteiger partial charge in [-0.2, -0.15) is 0 Å². The predicted octanol–water partition coefficient (Wildman–Crippen LogP) is 3.14. The number of halogens is 1. The molecule has 6 rings (SSSR count). The molecule has 3 heterocycles. The summed E-state index contributed by atoms with van der Waals surface area (Å²) in [4.78, 5) is 70.8. The number of alkyl carbamates (subject to hydrolysis) is 1. The Morgan fingerprint density at radius 2 is 1.82 bits per heavy atom. The average molecular weight is 732 g/mol. The highest BCUT2D eigenvalue weighted by Crippen LogP contribution is 2.46. The van der Waals surface area contributed by atoms with E-state index >= 15 is 0 Å². The second-order valence-electron chi connectivity index (χ2n) is 15.2. The van der Waals surface area contributed by atoms with E-state index in [1.165, 1.54) is 15.9 Å². The third-order valence-corrected chi connectivity index (χ3v) is 11.8. The maximum absolute atomic E-state index is 14.4. The minimum absolute atomic E-state index is 0.00168. The largest absolute Gasteiger partial charge is 0.444 e. The molecule has 278 valence electrons. The molecule has 3 aliphatic heterocycles. The maximum atomic E-state index is 14.4. The highest BCUT2D eigenvalue weighted by atomic mass is 32.2. The van der Waals surface area contributed by atoms with Crippen molar-refractivity contribution >= 4 is 39.9 Å². The zero-order valence-electron chi connectivity index (χ0n) is 29.1. The quantitative estimate of drug-likeness (QED) is 0.384. The monoisotopic (exact) mass is 731 g/mol. The molecule has 5 atom stereocenters. The van der Waals surface area contributed by atoms with E-state index in [0.29, 0.717) is 36.8 Å². The lowest BCUT2D eigenvalue weighted by molar-refractivity contribution is -0.141. The van der Waals surface area contributed by atoms with Crippen molar-refractivity contribution in [2.45, 2.75) is 126 Å². The molecule has 1 aromatic rings. The van der Waals surface area contributed by atoms with Gasteiger partial charge in [-0.1, -0.05) is 37.1 Å². The highest BCUT2D eigenvalue weighted by Gasteiger charge is 2.62. The summed E-state index contributed by atoms with van der Waals surface area (Å²) in [6.45, 7) is 5.01. The smallest absolute Gasteiger partial charge is 0.410 e. The first kappa shape index (κ1) is 36.6. The average Bonchev–Trinajstić information content (AvgIpc) is 3.93. The molecule has 0 aromatic heterocycles. The Hall–Kier alpha value is -4.21. The molecule has 1 aromatic carbocycles. The fourth-order valence-corrected chi connectivity index (χ4v) is 8.39. The molecule has 1 unspecified atom stereocenters. The van der Waals surface area contributed by atoms with Crippen LogP contribution in [0, 0.1) is 11.7 Å². The Kier molecular flexibility index (Phi) is 10.1. The van der Waals surface area contributed by atoms with E-state index in [0.717, 1.165) is 12.8 Å². The maximum Gasteiger partial charge on any atom is 0.410 e. The molecule has 5 aliphatic rings. The summed E-state index contributed by atoms with van der Waals surface area (Å²) in [5.41, 5.74) is -1.36. The number of allylic oxidation sites excluding steroid dienone is 1. The van der Waals surface area contributed by atoms with E-state index in [9.17, 15) is 36.8 Å². The number of hydrogen-bond donors (Lipinski definition) is 3. The summed E-state index contributed by atoms with van der Waals surface area (Å²) in [6.07, 6.45) is 5.10. The molecular weight excluding hydrogens is 685 g/mol. The van der Waals surface area contributed by atoms with Crippen LogP contribution in [0.5, 0.6) is 0 Å². The van der Waals surface area contributed by atoms with Crippen molar-refractivity contribution in [1.82, 2.24) is 25.2 Å². The van der Waals surface area contributed by atoms with Crippen LogP contribution in [0.3, 0.4) is 0 Å². The summed E-state index contributed by atoms with van der Waals surface area (Å²) < 4.78 is 53.3. The van der Waals surface area contributed by atoms with Crippen LogP contribution in [0.1, 0.15) is 89.7 Å². The number of nitrogens with one attached hydrogen (secondary N) is 3. The van der Waals surface area contributed by atoms with Gasteiger partial charge in [-0.25, -0.2) is 22.4 Å².